The first-order valence-electron chi connectivity index (χ1n) is 4.92. The van der Waals surface area contributed by atoms with Crippen molar-refractivity contribution in [3.05, 3.63) is 0 Å². The van der Waals surface area contributed by atoms with E-state index in [2.05, 4.69) is 0 Å². The van der Waals surface area contributed by atoms with Crippen molar-refractivity contribution in [1.82, 2.24) is 0 Å². The summed E-state index contributed by atoms with van der Waals surface area (Å²) in [7, 11) is 0. The average Bonchev–Trinajstić information content (AvgIpc) is 2.30. The predicted octanol–water partition coefficient (Wildman–Crippen LogP) is 4.08. The SMILES string of the molecule is CC(C)C(Cl)CC1CCC(F)(F)C1. The van der Waals surface area contributed by atoms with E-state index in [1.165, 1.54) is 0 Å². The summed E-state index contributed by atoms with van der Waals surface area (Å²) < 4.78 is 25.6. The fourth-order valence-corrected chi connectivity index (χ4v) is 2.09. The van der Waals surface area contributed by atoms with Crippen LogP contribution in [0.4, 0.5) is 8.78 Å². The van der Waals surface area contributed by atoms with Crippen LogP contribution >= 0.6 is 11.6 Å². The summed E-state index contributed by atoms with van der Waals surface area (Å²) in [6.45, 7) is 4.07. The highest BCUT2D eigenvalue weighted by Gasteiger charge is 2.39. The number of halogens is 3. The van der Waals surface area contributed by atoms with Crippen LogP contribution in [-0.2, 0) is 0 Å². The van der Waals surface area contributed by atoms with Crippen molar-refractivity contribution in [2.24, 2.45) is 11.8 Å². The summed E-state index contributed by atoms with van der Waals surface area (Å²) >= 11 is 6.04. The summed E-state index contributed by atoms with van der Waals surface area (Å²) in [4.78, 5) is 0. The molecular formula is C10H17ClF2. The fourth-order valence-electron chi connectivity index (χ4n) is 1.83. The molecule has 0 saturated heterocycles. The lowest BCUT2D eigenvalue weighted by Crippen LogP contribution is -2.15. The second kappa shape index (κ2) is 4.12. The maximum Gasteiger partial charge on any atom is 0.248 e. The van der Waals surface area contributed by atoms with Crippen LogP contribution in [0.1, 0.15) is 39.5 Å². The second-order valence-corrected chi connectivity index (χ2v) is 5.02. The number of hydrogen-bond acceptors (Lipinski definition) is 0. The molecule has 0 aromatic carbocycles. The molecule has 1 fully saturated rings. The van der Waals surface area contributed by atoms with Crippen LogP contribution in [0.5, 0.6) is 0 Å². The van der Waals surface area contributed by atoms with Crippen molar-refractivity contribution in [3.8, 4) is 0 Å². The van der Waals surface area contributed by atoms with Gasteiger partial charge in [-0.3, -0.25) is 0 Å². The van der Waals surface area contributed by atoms with Gasteiger partial charge in [0.05, 0.1) is 0 Å². The molecule has 0 aromatic heterocycles. The Labute approximate surface area is 83.7 Å². The fraction of sp³-hybridized carbons (Fsp3) is 1.00. The Bertz CT molecular complexity index is 168. The van der Waals surface area contributed by atoms with Crippen molar-refractivity contribution in [3.63, 3.8) is 0 Å². The van der Waals surface area contributed by atoms with E-state index < -0.39 is 5.92 Å². The molecule has 1 saturated carbocycles. The molecular weight excluding hydrogens is 194 g/mol. The lowest BCUT2D eigenvalue weighted by Gasteiger charge is -2.17. The van der Waals surface area contributed by atoms with Crippen LogP contribution in [0.3, 0.4) is 0 Å². The molecule has 0 heterocycles. The Balaban J connectivity index is 2.32. The molecule has 2 atom stereocenters. The van der Waals surface area contributed by atoms with Gasteiger partial charge in [0.1, 0.15) is 0 Å². The highest BCUT2D eigenvalue weighted by Crippen LogP contribution is 2.41. The molecule has 0 bridgehead atoms. The van der Waals surface area contributed by atoms with Gasteiger partial charge in [-0.15, -0.1) is 11.6 Å². The molecule has 13 heavy (non-hydrogen) atoms. The molecule has 0 radical (unpaired) electrons. The van der Waals surface area contributed by atoms with Crippen LogP contribution in [0.15, 0.2) is 0 Å². The van der Waals surface area contributed by atoms with Crippen LogP contribution in [-0.4, -0.2) is 11.3 Å². The third-order valence-corrected chi connectivity index (χ3v) is 3.47. The topological polar surface area (TPSA) is 0 Å². The molecule has 2 unspecified atom stereocenters. The minimum Gasteiger partial charge on any atom is -0.207 e. The Morgan fingerprint density at radius 3 is 2.46 bits per heavy atom. The Hall–Kier alpha value is 0.150. The van der Waals surface area contributed by atoms with Crippen LogP contribution < -0.4 is 0 Å². The lowest BCUT2D eigenvalue weighted by atomic mass is 9.96. The summed E-state index contributed by atoms with van der Waals surface area (Å²) in [6, 6.07) is 0. The Kier molecular flexibility index (Phi) is 3.56. The van der Waals surface area contributed by atoms with Gasteiger partial charge >= 0.3 is 0 Å². The van der Waals surface area contributed by atoms with E-state index in [1.807, 2.05) is 13.8 Å². The molecule has 0 nitrogen and oxygen atoms in total. The second-order valence-electron chi connectivity index (χ2n) is 4.46. The molecule has 1 rings (SSSR count). The first-order valence-corrected chi connectivity index (χ1v) is 5.36. The smallest absolute Gasteiger partial charge is 0.207 e. The maximum absolute atomic E-state index is 12.8. The van der Waals surface area contributed by atoms with E-state index in [0.717, 1.165) is 6.42 Å². The number of hydrogen-bond donors (Lipinski definition) is 0. The molecule has 1 aliphatic carbocycles. The third kappa shape index (κ3) is 3.41. The zero-order chi connectivity index (χ0) is 10.1. The number of alkyl halides is 3. The summed E-state index contributed by atoms with van der Waals surface area (Å²) in [6.07, 6.45) is 1.49. The molecule has 0 amide bonds. The maximum atomic E-state index is 12.8. The van der Waals surface area contributed by atoms with E-state index in [-0.39, 0.29) is 24.1 Å². The van der Waals surface area contributed by atoms with Crippen LogP contribution in [0.25, 0.3) is 0 Å². The standard InChI is InChI=1S/C10H17ClF2/c1-7(2)9(11)5-8-3-4-10(12,13)6-8/h7-9H,3-6H2,1-2H3. The molecule has 3 heteroatoms. The van der Waals surface area contributed by atoms with Gasteiger partial charge in [0.15, 0.2) is 0 Å². The average molecular weight is 211 g/mol. The van der Waals surface area contributed by atoms with Gasteiger partial charge in [0.25, 0.3) is 0 Å². The van der Waals surface area contributed by atoms with Crippen molar-refractivity contribution in [2.75, 3.05) is 0 Å². The zero-order valence-electron chi connectivity index (χ0n) is 8.19. The largest absolute Gasteiger partial charge is 0.248 e. The molecule has 0 spiro atoms. The first-order chi connectivity index (χ1) is 5.91. The van der Waals surface area contributed by atoms with Gasteiger partial charge in [-0.1, -0.05) is 13.8 Å². The van der Waals surface area contributed by atoms with E-state index >= 15 is 0 Å². The van der Waals surface area contributed by atoms with Crippen LogP contribution in [0, 0.1) is 11.8 Å². The lowest BCUT2D eigenvalue weighted by molar-refractivity contribution is 0.00457. The zero-order valence-corrected chi connectivity index (χ0v) is 8.95. The Morgan fingerprint density at radius 1 is 1.46 bits per heavy atom. The molecule has 1 aliphatic rings. The highest BCUT2D eigenvalue weighted by atomic mass is 35.5. The van der Waals surface area contributed by atoms with Gasteiger partial charge < -0.3 is 0 Å². The quantitative estimate of drug-likeness (QED) is 0.616. The van der Waals surface area contributed by atoms with E-state index in [1.54, 1.807) is 0 Å². The van der Waals surface area contributed by atoms with Gasteiger partial charge in [-0.05, 0) is 24.7 Å². The minimum absolute atomic E-state index is 0.0446. The molecule has 0 aromatic rings. The number of rotatable bonds is 3. The van der Waals surface area contributed by atoms with Gasteiger partial charge in [0.2, 0.25) is 5.92 Å². The Morgan fingerprint density at radius 2 is 2.08 bits per heavy atom. The van der Waals surface area contributed by atoms with E-state index in [4.69, 9.17) is 11.6 Å². The van der Waals surface area contributed by atoms with E-state index in [9.17, 15) is 8.78 Å². The highest BCUT2D eigenvalue weighted by molar-refractivity contribution is 6.20. The van der Waals surface area contributed by atoms with Crippen molar-refractivity contribution in [1.29, 1.82) is 0 Å². The van der Waals surface area contributed by atoms with Crippen molar-refractivity contribution in [2.45, 2.75) is 50.8 Å². The summed E-state index contributed by atoms with van der Waals surface area (Å²) in [5.74, 6) is -1.89. The van der Waals surface area contributed by atoms with Gasteiger partial charge in [-0.25, -0.2) is 8.78 Å². The molecule has 0 aliphatic heterocycles. The summed E-state index contributed by atoms with van der Waals surface area (Å²) in [5, 5.41) is 0.0545. The monoisotopic (exact) mass is 210 g/mol. The minimum atomic E-state index is -2.42. The van der Waals surface area contributed by atoms with Crippen molar-refractivity contribution >= 4 is 11.6 Å². The predicted molar refractivity (Wildman–Crippen MR) is 51.4 cm³/mol. The molecule has 0 N–H and O–H groups in total. The molecule has 78 valence electrons. The third-order valence-electron chi connectivity index (χ3n) is 2.79. The normalized spacial score (nSPS) is 29.5. The van der Waals surface area contributed by atoms with Crippen LogP contribution in [0.2, 0.25) is 0 Å². The van der Waals surface area contributed by atoms with Crippen molar-refractivity contribution < 1.29 is 8.78 Å². The summed E-state index contributed by atoms with van der Waals surface area (Å²) in [5.41, 5.74) is 0. The first kappa shape index (κ1) is 11.2. The van der Waals surface area contributed by atoms with Gasteiger partial charge in [0, 0.05) is 18.2 Å². The van der Waals surface area contributed by atoms with Gasteiger partial charge in [-0.2, -0.15) is 0 Å². The van der Waals surface area contributed by atoms with E-state index in [0.29, 0.717) is 12.3 Å².